The molecule has 0 aliphatic heterocycles. The lowest BCUT2D eigenvalue weighted by atomic mass is 9.60. The largest absolute Gasteiger partial charge is 0.480 e. The van der Waals surface area contributed by atoms with Crippen molar-refractivity contribution in [1.82, 2.24) is 4.90 Å². The van der Waals surface area contributed by atoms with Crippen LogP contribution >= 0.6 is 0 Å². The van der Waals surface area contributed by atoms with Crippen LogP contribution in [0.3, 0.4) is 0 Å². The van der Waals surface area contributed by atoms with Gasteiger partial charge in [-0.05, 0) is 49.9 Å². The van der Waals surface area contributed by atoms with E-state index < -0.39 is 11.9 Å². The van der Waals surface area contributed by atoms with E-state index in [0.29, 0.717) is 17.8 Å². The van der Waals surface area contributed by atoms with Crippen molar-refractivity contribution < 1.29 is 19.8 Å². The summed E-state index contributed by atoms with van der Waals surface area (Å²) in [6.45, 7) is 4.07. The fourth-order valence-corrected chi connectivity index (χ4v) is 4.76. The molecule has 2 rings (SSSR count). The lowest BCUT2D eigenvalue weighted by molar-refractivity contribution is -0.149. The number of carbonyl (C=O) groups is 2. The lowest BCUT2D eigenvalue weighted by Crippen LogP contribution is -2.58. The first-order valence-electron chi connectivity index (χ1n) is 7.49. The topological polar surface area (TPSA) is 77.8 Å². The smallest absolute Gasteiger partial charge is 0.317 e. The molecular formula is C15H25NO4. The number of carboxylic acid groups (broad SMARTS) is 2. The molecule has 0 heterocycles. The van der Waals surface area contributed by atoms with Crippen LogP contribution in [0.1, 0.15) is 46.0 Å². The minimum atomic E-state index is -0.936. The zero-order valence-electron chi connectivity index (χ0n) is 12.3. The highest BCUT2D eigenvalue weighted by Gasteiger charge is 2.48. The predicted octanol–water partition coefficient (Wildman–Crippen LogP) is 2.06. The summed E-state index contributed by atoms with van der Waals surface area (Å²) in [4.78, 5) is 24.0. The van der Waals surface area contributed by atoms with Crippen LogP contribution in [0.15, 0.2) is 0 Å². The van der Waals surface area contributed by atoms with Crippen LogP contribution in [0.5, 0.6) is 0 Å². The minimum absolute atomic E-state index is 0.168. The Labute approximate surface area is 120 Å². The highest BCUT2D eigenvalue weighted by molar-refractivity contribution is 5.72. The first-order valence-corrected chi connectivity index (χ1v) is 7.49. The van der Waals surface area contributed by atoms with Crippen LogP contribution in [-0.2, 0) is 9.59 Å². The number of aliphatic carboxylic acids is 2. The van der Waals surface area contributed by atoms with E-state index in [9.17, 15) is 9.59 Å². The third kappa shape index (κ3) is 3.32. The van der Waals surface area contributed by atoms with Gasteiger partial charge in [0.05, 0.1) is 13.1 Å². The number of hydrogen-bond donors (Lipinski definition) is 2. The van der Waals surface area contributed by atoms with Crippen molar-refractivity contribution in [2.45, 2.75) is 51.5 Å². The van der Waals surface area contributed by atoms with Gasteiger partial charge in [0.2, 0.25) is 0 Å². The maximum Gasteiger partial charge on any atom is 0.317 e. The molecule has 2 saturated carbocycles. The summed E-state index contributed by atoms with van der Waals surface area (Å²) in [5.41, 5.74) is -0.225. The second kappa shape index (κ2) is 5.72. The van der Waals surface area contributed by atoms with E-state index in [-0.39, 0.29) is 18.6 Å². The average Bonchev–Trinajstić information content (AvgIpc) is 2.24. The van der Waals surface area contributed by atoms with Gasteiger partial charge in [-0.25, -0.2) is 0 Å². The molecule has 2 atom stereocenters. The molecule has 0 radical (unpaired) electrons. The van der Waals surface area contributed by atoms with E-state index in [2.05, 4.69) is 13.8 Å². The van der Waals surface area contributed by atoms with Gasteiger partial charge in [-0.2, -0.15) is 0 Å². The van der Waals surface area contributed by atoms with E-state index >= 15 is 0 Å². The number of rotatable bonds is 5. The highest BCUT2D eigenvalue weighted by Crippen LogP contribution is 2.50. The van der Waals surface area contributed by atoms with Gasteiger partial charge in [0.1, 0.15) is 0 Å². The number of fused-ring (bicyclic) bond motifs is 2. The van der Waals surface area contributed by atoms with Crippen LogP contribution in [0.4, 0.5) is 0 Å². The normalized spacial score (nSPS) is 36.9. The second-order valence-electron chi connectivity index (χ2n) is 7.03. The van der Waals surface area contributed by atoms with E-state index in [1.807, 2.05) is 0 Å². The van der Waals surface area contributed by atoms with E-state index in [1.54, 1.807) is 4.90 Å². The first-order chi connectivity index (χ1) is 9.30. The molecular weight excluding hydrogens is 258 g/mol. The molecule has 2 fully saturated rings. The number of hydrogen-bond acceptors (Lipinski definition) is 3. The van der Waals surface area contributed by atoms with Gasteiger partial charge >= 0.3 is 11.9 Å². The van der Waals surface area contributed by atoms with E-state index in [4.69, 9.17) is 10.2 Å². The Balaban J connectivity index is 2.25. The van der Waals surface area contributed by atoms with Crippen molar-refractivity contribution in [3.8, 4) is 0 Å². The third-order valence-electron chi connectivity index (χ3n) is 4.92. The van der Waals surface area contributed by atoms with Crippen LogP contribution in [-0.4, -0.2) is 45.7 Å². The number of nitrogens with zero attached hydrogens (tertiary/aromatic N) is 1. The van der Waals surface area contributed by atoms with Gasteiger partial charge < -0.3 is 10.2 Å². The zero-order valence-corrected chi connectivity index (χ0v) is 12.3. The standard InChI is InChI=1S/C15H25NO4/c1-10-3-12-4-11(2)6-15(5-10,7-12)16(8-13(17)18)9-14(19)20/h10-12H,3-9H2,1-2H3,(H,17,18)(H,19,20). The van der Waals surface area contributed by atoms with E-state index in [0.717, 1.165) is 19.3 Å². The predicted molar refractivity (Wildman–Crippen MR) is 74.5 cm³/mol. The first kappa shape index (κ1) is 15.3. The summed E-state index contributed by atoms with van der Waals surface area (Å²) in [6.07, 6.45) is 5.20. The Morgan fingerprint density at radius 2 is 1.45 bits per heavy atom. The zero-order chi connectivity index (χ0) is 14.9. The summed E-state index contributed by atoms with van der Waals surface area (Å²) in [5, 5.41) is 18.2. The highest BCUT2D eigenvalue weighted by atomic mass is 16.4. The second-order valence-corrected chi connectivity index (χ2v) is 7.03. The third-order valence-corrected chi connectivity index (χ3v) is 4.92. The number of carboxylic acids is 2. The molecule has 0 amide bonds. The van der Waals surface area contributed by atoms with Crippen molar-refractivity contribution in [3.63, 3.8) is 0 Å². The van der Waals surface area contributed by atoms with Crippen molar-refractivity contribution >= 4 is 11.9 Å². The van der Waals surface area contributed by atoms with Crippen molar-refractivity contribution in [2.24, 2.45) is 17.8 Å². The van der Waals surface area contributed by atoms with Gasteiger partial charge in [0.25, 0.3) is 0 Å². The van der Waals surface area contributed by atoms with Crippen LogP contribution in [0.2, 0.25) is 0 Å². The fourth-order valence-electron chi connectivity index (χ4n) is 4.76. The quantitative estimate of drug-likeness (QED) is 0.807. The molecule has 0 saturated heterocycles. The van der Waals surface area contributed by atoms with Gasteiger partial charge in [-0.15, -0.1) is 0 Å². The maximum atomic E-state index is 11.1. The summed E-state index contributed by atoms with van der Waals surface area (Å²) < 4.78 is 0. The summed E-state index contributed by atoms with van der Waals surface area (Å²) in [7, 11) is 0. The van der Waals surface area contributed by atoms with E-state index in [1.165, 1.54) is 12.8 Å². The summed E-state index contributed by atoms with van der Waals surface area (Å²) >= 11 is 0. The molecule has 2 unspecified atom stereocenters. The molecule has 5 heteroatoms. The Bertz CT molecular complexity index is 360. The van der Waals surface area contributed by atoms with Gasteiger partial charge in [-0.3, -0.25) is 14.5 Å². The van der Waals surface area contributed by atoms with Crippen molar-refractivity contribution in [3.05, 3.63) is 0 Å². The van der Waals surface area contributed by atoms with Crippen molar-refractivity contribution in [2.75, 3.05) is 13.1 Å². The molecule has 0 spiro atoms. The Morgan fingerprint density at radius 1 is 1.00 bits per heavy atom. The fraction of sp³-hybridized carbons (Fsp3) is 0.867. The van der Waals surface area contributed by atoms with Gasteiger partial charge in [0.15, 0.2) is 0 Å². The molecule has 114 valence electrons. The molecule has 2 bridgehead atoms. The van der Waals surface area contributed by atoms with Crippen LogP contribution in [0, 0.1) is 17.8 Å². The lowest BCUT2D eigenvalue weighted by Gasteiger charge is -2.54. The molecule has 5 nitrogen and oxygen atoms in total. The maximum absolute atomic E-state index is 11.1. The molecule has 2 N–H and O–H groups in total. The molecule has 2 aliphatic rings. The molecule has 2 aliphatic carbocycles. The minimum Gasteiger partial charge on any atom is -0.480 e. The molecule has 0 aromatic heterocycles. The average molecular weight is 283 g/mol. The summed E-state index contributed by atoms with van der Waals surface area (Å²) in [5.74, 6) is -0.160. The van der Waals surface area contributed by atoms with Crippen molar-refractivity contribution in [1.29, 1.82) is 0 Å². The van der Waals surface area contributed by atoms with Gasteiger partial charge in [-0.1, -0.05) is 13.8 Å². The monoisotopic (exact) mass is 283 g/mol. The summed E-state index contributed by atoms with van der Waals surface area (Å²) in [6, 6.07) is 0. The Hall–Kier alpha value is -1.10. The van der Waals surface area contributed by atoms with Crippen LogP contribution < -0.4 is 0 Å². The Kier molecular flexibility index (Phi) is 4.37. The molecule has 0 aromatic carbocycles. The Morgan fingerprint density at radius 3 is 1.85 bits per heavy atom. The molecule has 0 aromatic rings. The van der Waals surface area contributed by atoms with Gasteiger partial charge in [0, 0.05) is 5.54 Å². The molecule has 20 heavy (non-hydrogen) atoms. The SMILES string of the molecule is CC1CC2CC(C)CC(N(CC(=O)O)CC(=O)O)(C1)C2. The van der Waals surface area contributed by atoms with Crippen LogP contribution in [0.25, 0.3) is 0 Å².